The third-order valence-electron chi connectivity index (χ3n) is 2.97. The van der Waals surface area contributed by atoms with E-state index in [2.05, 4.69) is 22.7 Å². The van der Waals surface area contributed by atoms with Gasteiger partial charge in [0.2, 0.25) is 0 Å². The fourth-order valence-electron chi connectivity index (χ4n) is 1.83. The molecule has 0 saturated heterocycles. The lowest BCUT2D eigenvalue weighted by Crippen LogP contribution is -2.27. The normalized spacial score (nSPS) is 11.9. The first kappa shape index (κ1) is 14.5. The number of rotatable bonds is 5. The molecule has 0 bridgehead atoms. The monoisotopic (exact) mass is 290 g/mol. The zero-order valence-corrected chi connectivity index (χ0v) is 12.3. The van der Waals surface area contributed by atoms with Crippen molar-refractivity contribution in [1.82, 2.24) is 10.3 Å². The average molecular weight is 290 g/mol. The molecule has 1 amide bonds. The molecular weight excluding hydrogens is 272 g/mol. The van der Waals surface area contributed by atoms with E-state index in [9.17, 15) is 4.79 Å². The van der Waals surface area contributed by atoms with E-state index in [1.165, 1.54) is 4.88 Å². The number of thiazole rings is 1. The van der Waals surface area contributed by atoms with E-state index in [0.717, 1.165) is 11.4 Å². The summed E-state index contributed by atoms with van der Waals surface area (Å²) in [6.45, 7) is 4.01. The third-order valence-corrected chi connectivity index (χ3v) is 4.29. The van der Waals surface area contributed by atoms with Gasteiger partial charge in [-0.2, -0.15) is 0 Å². The lowest BCUT2D eigenvalue weighted by molar-refractivity contribution is 0.0940. The van der Waals surface area contributed by atoms with Crippen LogP contribution >= 0.6 is 11.3 Å². The number of nitrogens with zero attached hydrogens (tertiary/aromatic N) is 1. The molecule has 5 nitrogen and oxygen atoms in total. The summed E-state index contributed by atoms with van der Waals surface area (Å²) in [6.07, 6.45) is 2.82. The number of carbonyl (C=O) groups is 1. The molecule has 1 atom stereocenters. The maximum atomic E-state index is 12.3. The highest BCUT2D eigenvalue weighted by molar-refractivity contribution is 7.11. The molecule has 0 radical (unpaired) electrons. The lowest BCUT2D eigenvalue weighted by Gasteiger charge is -2.13. The number of para-hydroxylation sites is 1. The van der Waals surface area contributed by atoms with Crippen LogP contribution in [0.4, 0.5) is 5.69 Å². The van der Waals surface area contributed by atoms with Crippen LogP contribution in [0.3, 0.4) is 0 Å². The maximum Gasteiger partial charge on any atom is 0.253 e. The number of benzene rings is 1. The molecule has 106 valence electrons. The van der Waals surface area contributed by atoms with E-state index in [4.69, 9.17) is 5.84 Å². The Bertz CT molecular complexity index is 596. The molecule has 0 aliphatic heterocycles. The van der Waals surface area contributed by atoms with Gasteiger partial charge in [0, 0.05) is 11.1 Å². The molecule has 2 aromatic rings. The van der Waals surface area contributed by atoms with Gasteiger partial charge in [-0.1, -0.05) is 19.1 Å². The number of nitrogens with two attached hydrogens (primary N) is 1. The molecule has 20 heavy (non-hydrogen) atoms. The summed E-state index contributed by atoms with van der Waals surface area (Å²) in [5, 5.41) is 3.85. The van der Waals surface area contributed by atoms with Crippen molar-refractivity contribution in [1.29, 1.82) is 0 Å². The first-order valence-corrected chi connectivity index (χ1v) is 7.28. The maximum absolute atomic E-state index is 12.3. The Balaban J connectivity index is 2.10. The number of nitrogens with one attached hydrogen (secondary N) is 2. The van der Waals surface area contributed by atoms with Crippen molar-refractivity contribution in [3.63, 3.8) is 0 Å². The van der Waals surface area contributed by atoms with Crippen LogP contribution in [0, 0.1) is 0 Å². The standard InChI is InChI=1S/C14H18N4OS/c1-3-10-8-16-14(20-10)9(2)17-13(19)11-6-4-5-7-12(11)18-15/h4-9,18H,3,15H2,1-2H3,(H,17,19). The predicted octanol–water partition coefficient (Wildman–Crippen LogP) is 2.48. The van der Waals surface area contributed by atoms with Gasteiger partial charge >= 0.3 is 0 Å². The molecule has 1 heterocycles. The topological polar surface area (TPSA) is 80.0 Å². The summed E-state index contributed by atoms with van der Waals surface area (Å²) in [7, 11) is 0. The van der Waals surface area contributed by atoms with E-state index in [-0.39, 0.29) is 11.9 Å². The SMILES string of the molecule is CCc1cnc(C(C)NC(=O)c2ccccc2NN)s1. The van der Waals surface area contributed by atoms with Crippen molar-refractivity contribution >= 4 is 22.9 Å². The van der Waals surface area contributed by atoms with Gasteiger partial charge in [-0.25, -0.2) is 4.98 Å². The third kappa shape index (κ3) is 3.15. The van der Waals surface area contributed by atoms with Crippen LogP contribution in [0.2, 0.25) is 0 Å². The number of anilines is 1. The molecule has 1 aromatic carbocycles. The van der Waals surface area contributed by atoms with E-state index in [1.54, 1.807) is 29.5 Å². The van der Waals surface area contributed by atoms with E-state index < -0.39 is 0 Å². The Morgan fingerprint density at radius 3 is 2.85 bits per heavy atom. The van der Waals surface area contributed by atoms with E-state index in [0.29, 0.717) is 11.3 Å². The van der Waals surface area contributed by atoms with Gasteiger partial charge < -0.3 is 10.7 Å². The Morgan fingerprint density at radius 1 is 1.45 bits per heavy atom. The van der Waals surface area contributed by atoms with Crippen LogP contribution in [0.25, 0.3) is 0 Å². The van der Waals surface area contributed by atoms with Crippen molar-refractivity contribution in [3.05, 3.63) is 45.9 Å². The molecule has 6 heteroatoms. The fraction of sp³-hybridized carbons (Fsp3) is 0.286. The summed E-state index contributed by atoms with van der Waals surface area (Å²) in [6, 6.07) is 7.00. The smallest absolute Gasteiger partial charge is 0.253 e. The van der Waals surface area contributed by atoms with Gasteiger partial charge in [0.05, 0.1) is 17.3 Å². The van der Waals surface area contributed by atoms with Crippen molar-refractivity contribution in [2.24, 2.45) is 5.84 Å². The molecule has 2 rings (SSSR count). The summed E-state index contributed by atoms with van der Waals surface area (Å²) < 4.78 is 0. The summed E-state index contributed by atoms with van der Waals surface area (Å²) >= 11 is 1.62. The highest BCUT2D eigenvalue weighted by atomic mass is 32.1. The first-order valence-electron chi connectivity index (χ1n) is 6.46. The molecule has 0 aliphatic carbocycles. The number of amides is 1. The van der Waals surface area contributed by atoms with Crippen LogP contribution < -0.4 is 16.6 Å². The molecule has 0 aliphatic rings. The zero-order valence-electron chi connectivity index (χ0n) is 11.5. The number of nitrogen functional groups attached to an aromatic ring is 1. The minimum atomic E-state index is -0.167. The lowest BCUT2D eigenvalue weighted by atomic mass is 10.1. The van der Waals surface area contributed by atoms with Crippen LogP contribution in [0.1, 0.15) is 40.1 Å². The number of hydrogen-bond donors (Lipinski definition) is 3. The molecule has 0 spiro atoms. The minimum absolute atomic E-state index is 0.126. The van der Waals surface area contributed by atoms with Crippen LogP contribution in [0.15, 0.2) is 30.5 Å². The number of carbonyl (C=O) groups excluding carboxylic acids is 1. The van der Waals surface area contributed by atoms with Gasteiger partial charge in [0.15, 0.2) is 0 Å². The van der Waals surface area contributed by atoms with Crippen molar-refractivity contribution in [2.45, 2.75) is 26.3 Å². The Hall–Kier alpha value is -1.92. The molecule has 1 unspecified atom stereocenters. The van der Waals surface area contributed by atoms with E-state index >= 15 is 0 Å². The van der Waals surface area contributed by atoms with Crippen LogP contribution in [-0.2, 0) is 6.42 Å². The number of hydrogen-bond acceptors (Lipinski definition) is 5. The van der Waals surface area contributed by atoms with Gasteiger partial charge in [-0.3, -0.25) is 10.6 Å². The highest BCUT2D eigenvalue weighted by Gasteiger charge is 2.16. The molecule has 1 aromatic heterocycles. The van der Waals surface area contributed by atoms with Gasteiger partial charge in [0.1, 0.15) is 5.01 Å². The summed E-state index contributed by atoms with van der Waals surface area (Å²) in [5.74, 6) is 5.24. The van der Waals surface area contributed by atoms with Crippen molar-refractivity contribution in [2.75, 3.05) is 5.43 Å². The Labute approximate surface area is 122 Å². The molecular formula is C14H18N4OS. The largest absolute Gasteiger partial charge is 0.343 e. The number of hydrazine groups is 1. The summed E-state index contributed by atoms with van der Waals surface area (Å²) in [5.41, 5.74) is 3.65. The second-order valence-corrected chi connectivity index (χ2v) is 5.55. The van der Waals surface area contributed by atoms with E-state index in [1.807, 2.05) is 19.2 Å². The second kappa shape index (κ2) is 6.49. The molecule has 4 N–H and O–H groups in total. The van der Waals surface area contributed by atoms with Crippen molar-refractivity contribution < 1.29 is 4.79 Å². The average Bonchev–Trinajstić information content (AvgIpc) is 2.96. The van der Waals surface area contributed by atoms with Crippen LogP contribution in [0.5, 0.6) is 0 Å². The second-order valence-electron chi connectivity index (χ2n) is 4.40. The number of aryl methyl sites for hydroxylation is 1. The van der Waals surface area contributed by atoms with Gasteiger partial charge in [0.25, 0.3) is 5.91 Å². The summed E-state index contributed by atoms with van der Waals surface area (Å²) in [4.78, 5) is 17.8. The Morgan fingerprint density at radius 2 is 2.20 bits per heavy atom. The predicted molar refractivity (Wildman–Crippen MR) is 81.6 cm³/mol. The van der Waals surface area contributed by atoms with Gasteiger partial charge in [-0.05, 0) is 25.5 Å². The van der Waals surface area contributed by atoms with Gasteiger partial charge in [-0.15, -0.1) is 11.3 Å². The fourth-order valence-corrected chi connectivity index (χ4v) is 2.69. The minimum Gasteiger partial charge on any atom is -0.343 e. The Kier molecular flexibility index (Phi) is 4.70. The zero-order chi connectivity index (χ0) is 14.5. The quantitative estimate of drug-likeness (QED) is 0.584. The molecule has 0 saturated carbocycles. The highest BCUT2D eigenvalue weighted by Crippen LogP contribution is 2.21. The van der Waals surface area contributed by atoms with Crippen molar-refractivity contribution in [3.8, 4) is 0 Å². The number of aromatic nitrogens is 1. The first-order chi connectivity index (χ1) is 9.65. The van der Waals surface area contributed by atoms with Crippen LogP contribution in [-0.4, -0.2) is 10.9 Å². The molecule has 0 fully saturated rings.